The lowest BCUT2D eigenvalue weighted by molar-refractivity contribution is -0.116. The van der Waals surface area contributed by atoms with Gasteiger partial charge < -0.3 is 20.4 Å². The average Bonchev–Trinajstić information content (AvgIpc) is 2.68. The highest BCUT2D eigenvalue weighted by Crippen LogP contribution is 2.32. The number of anilines is 2. The summed E-state index contributed by atoms with van der Waals surface area (Å²) in [6.07, 6.45) is 2.54. The minimum atomic E-state index is -0.725. The summed E-state index contributed by atoms with van der Waals surface area (Å²) >= 11 is 0. The minimum absolute atomic E-state index is 0. The van der Waals surface area contributed by atoms with E-state index in [2.05, 4.69) is 16.0 Å². The van der Waals surface area contributed by atoms with Gasteiger partial charge in [-0.25, -0.2) is 9.18 Å². The van der Waals surface area contributed by atoms with Gasteiger partial charge in [-0.1, -0.05) is 0 Å². The highest BCUT2D eigenvalue weighted by molar-refractivity contribution is 6.08. The van der Waals surface area contributed by atoms with Crippen molar-refractivity contribution in [3.05, 3.63) is 56.9 Å². The molecule has 3 heterocycles. The fraction of sp³-hybridized carbons (Fsp3) is 0.381. The molecule has 0 spiro atoms. The number of hydrogen-bond donors (Lipinski definition) is 3. The van der Waals surface area contributed by atoms with Crippen LogP contribution in [0.4, 0.5) is 15.8 Å². The second-order valence-corrected chi connectivity index (χ2v) is 7.53. The molecule has 168 valence electrons. The molecule has 1 unspecified atom stereocenters. The summed E-state index contributed by atoms with van der Waals surface area (Å²) in [7, 11) is 0. The van der Waals surface area contributed by atoms with Crippen LogP contribution in [0.15, 0.2) is 27.4 Å². The third-order valence-corrected chi connectivity index (χ3v) is 5.41. The Kier molecular flexibility index (Phi) is 8.22. The van der Waals surface area contributed by atoms with Crippen molar-refractivity contribution >= 4 is 48.0 Å². The van der Waals surface area contributed by atoms with Crippen LogP contribution in [0, 0.1) is 12.7 Å². The maximum Gasteiger partial charge on any atom is 0.349 e. The van der Waals surface area contributed by atoms with Crippen molar-refractivity contribution in [3.8, 4) is 0 Å². The van der Waals surface area contributed by atoms with Crippen LogP contribution in [-0.2, 0) is 11.2 Å². The molecular weight excluding hydrogens is 448 g/mol. The number of halogens is 3. The Morgan fingerprint density at radius 1 is 1.19 bits per heavy atom. The average molecular weight is 472 g/mol. The zero-order chi connectivity index (χ0) is 20.5. The summed E-state index contributed by atoms with van der Waals surface area (Å²) in [6, 6.07) is 4.18. The van der Waals surface area contributed by atoms with Crippen LogP contribution < -0.4 is 21.6 Å². The van der Waals surface area contributed by atoms with E-state index < -0.39 is 17.3 Å². The number of carbonyl (C=O) groups is 2. The van der Waals surface area contributed by atoms with Crippen molar-refractivity contribution in [1.29, 1.82) is 0 Å². The number of amides is 2. The van der Waals surface area contributed by atoms with Gasteiger partial charge in [-0.05, 0) is 62.1 Å². The summed E-state index contributed by atoms with van der Waals surface area (Å²) in [4.78, 5) is 37.1. The third-order valence-electron chi connectivity index (χ3n) is 5.41. The zero-order valence-corrected chi connectivity index (χ0v) is 18.5. The molecule has 1 atom stereocenters. The van der Waals surface area contributed by atoms with Gasteiger partial charge >= 0.3 is 5.63 Å². The monoisotopic (exact) mass is 471 g/mol. The maximum atomic E-state index is 14.0. The van der Waals surface area contributed by atoms with E-state index in [9.17, 15) is 18.8 Å². The highest BCUT2D eigenvalue weighted by Gasteiger charge is 2.25. The van der Waals surface area contributed by atoms with Gasteiger partial charge in [-0.2, -0.15) is 0 Å². The molecule has 1 aromatic heterocycles. The van der Waals surface area contributed by atoms with E-state index in [4.69, 9.17) is 4.42 Å². The van der Waals surface area contributed by atoms with Crippen LogP contribution in [0.25, 0.3) is 0 Å². The second-order valence-electron chi connectivity index (χ2n) is 7.53. The summed E-state index contributed by atoms with van der Waals surface area (Å²) in [5.41, 5.74) is 0.729. The first-order chi connectivity index (χ1) is 13.9. The molecule has 2 aliphatic heterocycles. The van der Waals surface area contributed by atoms with Crippen molar-refractivity contribution in [1.82, 2.24) is 5.32 Å². The van der Waals surface area contributed by atoms with Gasteiger partial charge in [-0.3, -0.25) is 9.59 Å². The number of carbonyl (C=O) groups excluding carboxylic acids is 2. The molecule has 1 fully saturated rings. The van der Waals surface area contributed by atoms with Crippen LogP contribution in [0.5, 0.6) is 0 Å². The summed E-state index contributed by atoms with van der Waals surface area (Å²) in [6.45, 7) is 3.34. The standard InChI is InChI=1S/C21H22FN3O4.2ClH/c1-11-7-16(13-3-2-6-23-10-13)29-21(28)18(11)20(27)24-15-9-14(22)8-12-4-5-17(26)25-19(12)15;;/h7-9,13,23H,2-6,10H2,1H3,(H,24,27)(H,25,26);2*1H. The fourth-order valence-corrected chi connectivity index (χ4v) is 3.94. The van der Waals surface area contributed by atoms with E-state index in [1.807, 2.05) is 0 Å². The molecule has 2 aliphatic rings. The molecule has 10 heteroatoms. The number of rotatable bonds is 3. The highest BCUT2D eigenvalue weighted by atomic mass is 35.5. The number of benzene rings is 1. The normalized spacial score (nSPS) is 17.5. The van der Waals surface area contributed by atoms with Crippen molar-refractivity contribution in [3.63, 3.8) is 0 Å². The van der Waals surface area contributed by atoms with E-state index in [-0.39, 0.29) is 54.3 Å². The summed E-state index contributed by atoms with van der Waals surface area (Å²) in [5, 5.41) is 8.50. The number of piperidine rings is 1. The van der Waals surface area contributed by atoms with Crippen LogP contribution in [0.2, 0.25) is 0 Å². The predicted molar refractivity (Wildman–Crippen MR) is 120 cm³/mol. The molecule has 2 aromatic rings. The zero-order valence-electron chi connectivity index (χ0n) is 16.9. The molecule has 7 nitrogen and oxygen atoms in total. The Bertz CT molecular complexity index is 1050. The van der Waals surface area contributed by atoms with Gasteiger partial charge in [0.05, 0.1) is 11.4 Å². The topological polar surface area (TPSA) is 100 Å². The Morgan fingerprint density at radius 3 is 2.65 bits per heavy atom. The molecule has 31 heavy (non-hydrogen) atoms. The Hall–Kier alpha value is -2.42. The van der Waals surface area contributed by atoms with Crippen molar-refractivity contribution in [2.24, 2.45) is 0 Å². The Morgan fingerprint density at radius 2 is 1.97 bits per heavy atom. The molecule has 3 N–H and O–H groups in total. The number of aryl methyl sites for hydroxylation is 2. The molecule has 1 aromatic carbocycles. The fourth-order valence-electron chi connectivity index (χ4n) is 3.94. The summed E-state index contributed by atoms with van der Waals surface area (Å²) in [5.74, 6) is -0.776. The van der Waals surface area contributed by atoms with Crippen LogP contribution >= 0.6 is 24.8 Å². The largest absolute Gasteiger partial charge is 0.427 e. The molecule has 0 radical (unpaired) electrons. The molecule has 0 bridgehead atoms. The number of nitrogens with one attached hydrogen (secondary N) is 3. The van der Waals surface area contributed by atoms with Gasteiger partial charge in [0.2, 0.25) is 5.91 Å². The van der Waals surface area contributed by atoms with E-state index in [1.165, 1.54) is 6.07 Å². The lowest BCUT2D eigenvalue weighted by Crippen LogP contribution is -2.30. The predicted octanol–water partition coefficient (Wildman–Crippen LogP) is 3.53. The molecule has 0 aliphatic carbocycles. The van der Waals surface area contributed by atoms with Gasteiger partial charge in [0, 0.05) is 18.9 Å². The van der Waals surface area contributed by atoms with Gasteiger partial charge in [-0.15, -0.1) is 24.8 Å². The molecule has 1 saturated heterocycles. The minimum Gasteiger partial charge on any atom is -0.427 e. The van der Waals surface area contributed by atoms with Crippen LogP contribution in [0.3, 0.4) is 0 Å². The first-order valence-electron chi connectivity index (χ1n) is 9.71. The first-order valence-corrected chi connectivity index (χ1v) is 9.71. The van der Waals surface area contributed by atoms with Crippen LogP contribution in [-0.4, -0.2) is 24.9 Å². The Labute approximate surface area is 191 Å². The Balaban J connectivity index is 0.00000171. The lowest BCUT2D eigenvalue weighted by atomic mass is 9.95. The maximum absolute atomic E-state index is 14.0. The summed E-state index contributed by atoms with van der Waals surface area (Å²) < 4.78 is 19.4. The van der Waals surface area contributed by atoms with E-state index in [0.29, 0.717) is 29.0 Å². The third kappa shape index (κ3) is 5.26. The lowest BCUT2D eigenvalue weighted by Gasteiger charge is -2.22. The van der Waals surface area contributed by atoms with Crippen LogP contribution in [0.1, 0.15) is 52.4 Å². The van der Waals surface area contributed by atoms with Gasteiger partial charge in [0.1, 0.15) is 17.1 Å². The second kappa shape index (κ2) is 10.3. The molecular formula is C21H24Cl2FN3O4. The van der Waals surface area contributed by atoms with E-state index in [0.717, 1.165) is 32.0 Å². The van der Waals surface area contributed by atoms with Gasteiger partial charge in [0.15, 0.2) is 0 Å². The first kappa shape index (κ1) is 24.8. The van der Waals surface area contributed by atoms with Crippen molar-refractivity contribution in [2.45, 2.75) is 38.5 Å². The van der Waals surface area contributed by atoms with Crippen molar-refractivity contribution in [2.75, 3.05) is 23.7 Å². The van der Waals surface area contributed by atoms with Gasteiger partial charge in [0.25, 0.3) is 5.91 Å². The van der Waals surface area contributed by atoms with Crippen molar-refractivity contribution < 1.29 is 18.4 Å². The number of hydrogen-bond acceptors (Lipinski definition) is 5. The van der Waals surface area contributed by atoms with E-state index in [1.54, 1.807) is 13.0 Å². The SMILES string of the molecule is Cc1cc(C2CCCNC2)oc(=O)c1C(=O)Nc1cc(F)cc2c1NC(=O)CC2.Cl.Cl. The smallest absolute Gasteiger partial charge is 0.349 e. The van der Waals surface area contributed by atoms with E-state index >= 15 is 0 Å². The molecule has 4 rings (SSSR count). The molecule has 0 saturated carbocycles. The quantitative estimate of drug-likeness (QED) is 0.635. The number of fused-ring (bicyclic) bond motifs is 1. The molecule has 2 amide bonds.